The second-order valence-corrected chi connectivity index (χ2v) is 7.43. The van der Waals surface area contributed by atoms with E-state index in [0.717, 1.165) is 0 Å². The maximum absolute atomic E-state index is 12.3. The lowest BCUT2D eigenvalue weighted by atomic mass is 10.2. The highest BCUT2D eigenvalue weighted by atomic mass is 32.2. The molecule has 0 bridgehead atoms. The number of nitrogens with one attached hydrogen (secondary N) is 2. The Morgan fingerprint density at radius 3 is 2.44 bits per heavy atom. The summed E-state index contributed by atoms with van der Waals surface area (Å²) in [6.07, 6.45) is 1.54. The summed E-state index contributed by atoms with van der Waals surface area (Å²) in [4.78, 5) is 12.3. The molecule has 1 aromatic carbocycles. The first-order chi connectivity index (χ1) is 11.8. The van der Waals surface area contributed by atoms with E-state index in [0.29, 0.717) is 11.3 Å². The third-order valence-corrected chi connectivity index (χ3v) is 5.12. The van der Waals surface area contributed by atoms with Crippen molar-refractivity contribution in [1.82, 2.24) is 10.0 Å². The number of carbonyl (C=O) groups is 1. The molecule has 0 saturated carbocycles. The lowest BCUT2D eigenvalue weighted by molar-refractivity contribution is 0.0935. The first kappa shape index (κ1) is 19.2. The van der Waals surface area contributed by atoms with Crippen molar-refractivity contribution in [2.75, 3.05) is 13.7 Å². The van der Waals surface area contributed by atoms with Gasteiger partial charge in [0.1, 0.15) is 5.76 Å². The quantitative estimate of drug-likeness (QED) is 0.745. The van der Waals surface area contributed by atoms with Gasteiger partial charge >= 0.3 is 0 Å². The van der Waals surface area contributed by atoms with E-state index in [1.807, 2.05) is 0 Å². The van der Waals surface area contributed by atoms with Gasteiger partial charge in [0.25, 0.3) is 5.91 Å². The van der Waals surface area contributed by atoms with Crippen LogP contribution >= 0.6 is 0 Å². The normalized spacial score (nSPS) is 14.0. The minimum Gasteiger partial charge on any atom is -0.467 e. The first-order valence-corrected chi connectivity index (χ1v) is 9.27. The molecule has 2 N–H and O–H groups in total. The molecule has 2 aromatic rings. The van der Waals surface area contributed by atoms with Crippen molar-refractivity contribution in [2.24, 2.45) is 0 Å². The molecule has 0 aliphatic heterocycles. The molecule has 1 aromatic heterocycles. The molecule has 0 unspecified atom stereocenters. The second kappa shape index (κ2) is 8.28. The van der Waals surface area contributed by atoms with Gasteiger partial charge in [-0.25, -0.2) is 13.1 Å². The lowest BCUT2D eigenvalue weighted by Gasteiger charge is -2.14. The summed E-state index contributed by atoms with van der Waals surface area (Å²) >= 11 is 0. The number of ether oxygens (including phenoxy) is 1. The van der Waals surface area contributed by atoms with Gasteiger partial charge in [0, 0.05) is 18.7 Å². The zero-order valence-corrected chi connectivity index (χ0v) is 15.2. The third-order valence-electron chi connectivity index (χ3n) is 3.52. The molecule has 25 heavy (non-hydrogen) atoms. The summed E-state index contributed by atoms with van der Waals surface area (Å²) in [5, 5.41) is 2.79. The first-order valence-electron chi connectivity index (χ1n) is 7.79. The van der Waals surface area contributed by atoms with Crippen LogP contribution in [0.3, 0.4) is 0 Å². The van der Waals surface area contributed by atoms with Crippen LogP contribution in [0.1, 0.15) is 36.0 Å². The van der Waals surface area contributed by atoms with Crippen LogP contribution in [0.4, 0.5) is 0 Å². The van der Waals surface area contributed by atoms with Crippen molar-refractivity contribution < 1.29 is 22.4 Å². The molecule has 0 fully saturated rings. The van der Waals surface area contributed by atoms with Crippen LogP contribution in [-0.4, -0.2) is 34.1 Å². The van der Waals surface area contributed by atoms with Crippen LogP contribution in [0.15, 0.2) is 52.0 Å². The van der Waals surface area contributed by atoms with E-state index in [9.17, 15) is 13.2 Å². The van der Waals surface area contributed by atoms with Crippen LogP contribution < -0.4 is 10.0 Å². The molecule has 7 nitrogen and oxygen atoms in total. The number of rotatable bonds is 8. The molecule has 2 rings (SSSR count). The molecule has 0 aliphatic rings. The van der Waals surface area contributed by atoms with Crippen molar-refractivity contribution in [3.8, 4) is 0 Å². The summed E-state index contributed by atoms with van der Waals surface area (Å²) in [6, 6.07) is 8.61. The predicted octanol–water partition coefficient (Wildman–Crippen LogP) is 2.08. The summed E-state index contributed by atoms with van der Waals surface area (Å²) < 4.78 is 37.2. The number of hydrogen-bond donors (Lipinski definition) is 2. The van der Waals surface area contributed by atoms with Crippen molar-refractivity contribution in [2.45, 2.75) is 30.8 Å². The number of amides is 1. The van der Waals surface area contributed by atoms with Gasteiger partial charge in [0.15, 0.2) is 0 Å². The fraction of sp³-hybridized carbons (Fsp3) is 0.353. The molecule has 0 spiro atoms. The zero-order chi connectivity index (χ0) is 18.4. The molecule has 1 amide bonds. The minimum atomic E-state index is -3.66. The minimum absolute atomic E-state index is 0.0890. The van der Waals surface area contributed by atoms with E-state index < -0.39 is 10.0 Å². The smallest absolute Gasteiger partial charge is 0.251 e. The Morgan fingerprint density at radius 1 is 1.20 bits per heavy atom. The van der Waals surface area contributed by atoms with Gasteiger partial charge in [0.05, 0.1) is 23.8 Å². The molecule has 136 valence electrons. The molecular formula is C17H22N2O5S. The van der Waals surface area contributed by atoms with Crippen molar-refractivity contribution >= 4 is 15.9 Å². The summed E-state index contributed by atoms with van der Waals surface area (Å²) in [5.41, 5.74) is 0.363. The Labute approximate surface area is 147 Å². The average Bonchev–Trinajstić information content (AvgIpc) is 3.09. The summed E-state index contributed by atoms with van der Waals surface area (Å²) in [7, 11) is -2.16. The molecule has 0 radical (unpaired) electrons. The van der Waals surface area contributed by atoms with Crippen molar-refractivity contribution in [3.05, 3.63) is 54.0 Å². The van der Waals surface area contributed by atoms with Crippen molar-refractivity contribution in [1.29, 1.82) is 0 Å². The Kier molecular flexibility index (Phi) is 6.35. The Balaban J connectivity index is 2.04. The van der Waals surface area contributed by atoms with Crippen LogP contribution in [0, 0.1) is 0 Å². The molecule has 1 heterocycles. The highest BCUT2D eigenvalue weighted by Gasteiger charge is 2.18. The standard InChI is InChI=1S/C17H22N2O5S/c1-12(11-23-3)19-25(21,22)15-8-6-14(7-9-15)17(20)18-13(2)16-5-4-10-24-16/h4-10,12-13,19H,11H2,1-3H3,(H,18,20)/t12-,13+/m1/s1. The van der Waals surface area contributed by atoms with E-state index in [2.05, 4.69) is 10.0 Å². The van der Waals surface area contributed by atoms with Gasteiger partial charge < -0.3 is 14.5 Å². The highest BCUT2D eigenvalue weighted by Crippen LogP contribution is 2.15. The zero-order valence-electron chi connectivity index (χ0n) is 14.4. The second-order valence-electron chi connectivity index (χ2n) is 5.71. The van der Waals surface area contributed by atoms with Crippen LogP contribution in [0.5, 0.6) is 0 Å². The number of benzene rings is 1. The molecule has 0 aliphatic carbocycles. The van der Waals surface area contributed by atoms with Crippen LogP contribution in [0.2, 0.25) is 0 Å². The predicted molar refractivity (Wildman–Crippen MR) is 92.7 cm³/mol. The monoisotopic (exact) mass is 366 g/mol. The summed E-state index contributed by atoms with van der Waals surface area (Å²) in [5.74, 6) is 0.331. The van der Waals surface area contributed by atoms with Crippen LogP contribution in [-0.2, 0) is 14.8 Å². The maximum atomic E-state index is 12.3. The van der Waals surface area contributed by atoms with Gasteiger partial charge in [-0.3, -0.25) is 4.79 Å². The number of furan rings is 1. The largest absolute Gasteiger partial charge is 0.467 e. The van der Waals surface area contributed by atoms with Gasteiger partial charge in [0.2, 0.25) is 10.0 Å². The SMILES string of the molecule is COC[C@@H](C)NS(=O)(=O)c1ccc(C(=O)N[C@@H](C)c2ccco2)cc1. The molecule has 2 atom stereocenters. The van der Waals surface area contributed by atoms with Gasteiger partial charge in [-0.15, -0.1) is 0 Å². The molecular weight excluding hydrogens is 344 g/mol. The number of hydrogen-bond acceptors (Lipinski definition) is 5. The number of methoxy groups -OCH3 is 1. The van der Waals surface area contributed by atoms with Crippen LogP contribution in [0.25, 0.3) is 0 Å². The van der Waals surface area contributed by atoms with Gasteiger partial charge in [-0.2, -0.15) is 0 Å². The Bertz CT molecular complexity index is 785. The Morgan fingerprint density at radius 2 is 1.88 bits per heavy atom. The Hall–Kier alpha value is -2.16. The van der Waals surface area contributed by atoms with E-state index in [1.54, 1.807) is 26.0 Å². The topological polar surface area (TPSA) is 97.6 Å². The van der Waals surface area contributed by atoms with Crippen molar-refractivity contribution in [3.63, 3.8) is 0 Å². The highest BCUT2D eigenvalue weighted by molar-refractivity contribution is 7.89. The number of sulfonamides is 1. The third kappa shape index (κ3) is 5.15. The molecule has 8 heteroatoms. The van der Waals surface area contributed by atoms with E-state index in [1.165, 1.54) is 37.6 Å². The number of carbonyl (C=O) groups excluding carboxylic acids is 1. The lowest BCUT2D eigenvalue weighted by Crippen LogP contribution is -2.35. The average molecular weight is 366 g/mol. The fourth-order valence-electron chi connectivity index (χ4n) is 2.29. The van der Waals surface area contributed by atoms with E-state index in [-0.39, 0.29) is 29.5 Å². The fourth-order valence-corrected chi connectivity index (χ4v) is 3.52. The summed E-state index contributed by atoms with van der Waals surface area (Å²) in [6.45, 7) is 3.78. The molecule has 0 saturated heterocycles. The van der Waals surface area contributed by atoms with E-state index >= 15 is 0 Å². The van der Waals surface area contributed by atoms with Gasteiger partial charge in [-0.1, -0.05) is 0 Å². The maximum Gasteiger partial charge on any atom is 0.251 e. The van der Waals surface area contributed by atoms with E-state index in [4.69, 9.17) is 9.15 Å². The van der Waals surface area contributed by atoms with Gasteiger partial charge in [-0.05, 0) is 50.2 Å².